The maximum Gasteiger partial charge on any atom is 0.163 e. The number of benzene rings is 1. The third-order valence-electron chi connectivity index (χ3n) is 6.21. The minimum absolute atomic E-state index is 0.226. The Morgan fingerprint density at radius 3 is 2.66 bits per heavy atom. The highest BCUT2D eigenvalue weighted by molar-refractivity contribution is 5.64. The Kier molecular flexibility index (Phi) is 11.0. The smallest absolute Gasteiger partial charge is 0.163 e. The molecule has 2 aromatic rings. The Balaban J connectivity index is 0.00000167. The lowest BCUT2D eigenvalue weighted by Gasteiger charge is -2.33. The summed E-state index contributed by atoms with van der Waals surface area (Å²) in [5.74, 6) is 3.25. The van der Waals surface area contributed by atoms with Crippen molar-refractivity contribution in [2.24, 2.45) is 0 Å². The molecule has 9 heteroatoms. The summed E-state index contributed by atoms with van der Waals surface area (Å²) < 4.78 is 11.4. The average Bonchev–Trinajstić information content (AvgIpc) is 2.93. The Morgan fingerprint density at radius 1 is 1.20 bits per heavy atom. The van der Waals surface area contributed by atoms with Crippen molar-refractivity contribution >= 4 is 11.6 Å². The Labute approximate surface area is 209 Å². The molecule has 2 aliphatic rings. The van der Waals surface area contributed by atoms with E-state index < -0.39 is 6.10 Å². The summed E-state index contributed by atoms with van der Waals surface area (Å²) >= 11 is 0. The number of ether oxygens (including phenoxy) is 2. The quantitative estimate of drug-likeness (QED) is 0.493. The zero-order valence-electron chi connectivity index (χ0n) is 21.7. The van der Waals surface area contributed by atoms with E-state index in [0.29, 0.717) is 24.2 Å². The second kappa shape index (κ2) is 14.2. The van der Waals surface area contributed by atoms with Crippen molar-refractivity contribution in [3.05, 3.63) is 30.3 Å². The highest BCUT2D eigenvalue weighted by atomic mass is 16.5. The van der Waals surface area contributed by atoms with Crippen LogP contribution in [0, 0.1) is 0 Å². The van der Waals surface area contributed by atoms with Gasteiger partial charge in [-0.3, -0.25) is 0 Å². The monoisotopic (exact) mass is 486 g/mol. The van der Waals surface area contributed by atoms with Crippen LogP contribution < -0.4 is 25.2 Å². The van der Waals surface area contributed by atoms with Gasteiger partial charge >= 0.3 is 0 Å². The van der Waals surface area contributed by atoms with Crippen LogP contribution in [0.4, 0.5) is 11.6 Å². The predicted octanol–water partition coefficient (Wildman–Crippen LogP) is 2.15. The van der Waals surface area contributed by atoms with Gasteiger partial charge in [-0.05, 0) is 32.0 Å². The molecular formula is C26H42N6O3. The molecule has 0 spiro atoms. The SMILES string of the molecule is CC.CNCC(O)COc1cccc(-c2nc(N3CCNCC3)cc(N(C)C3CCOCC3)n2)c1. The normalized spacial score (nSPS) is 17.3. The van der Waals surface area contributed by atoms with E-state index >= 15 is 0 Å². The van der Waals surface area contributed by atoms with Gasteiger partial charge in [0, 0.05) is 70.7 Å². The molecule has 1 unspecified atom stereocenters. The molecule has 1 aromatic heterocycles. The molecule has 4 rings (SSSR count). The molecule has 0 radical (unpaired) electrons. The predicted molar refractivity (Wildman–Crippen MR) is 142 cm³/mol. The van der Waals surface area contributed by atoms with Gasteiger partial charge in [-0.15, -0.1) is 0 Å². The van der Waals surface area contributed by atoms with Crippen molar-refractivity contribution in [3.8, 4) is 17.1 Å². The van der Waals surface area contributed by atoms with Gasteiger partial charge in [-0.2, -0.15) is 0 Å². The molecule has 2 saturated heterocycles. The molecule has 35 heavy (non-hydrogen) atoms. The molecule has 0 aliphatic carbocycles. The van der Waals surface area contributed by atoms with Gasteiger partial charge in [0.2, 0.25) is 0 Å². The fourth-order valence-electron chi connectivity index (χ4n) is 4.26. The van der Waals surface area contributed by atoms with E-state index in [1.54, 1.807) is 0 Å². The van der Waals surface area contributed by atoms with Crippen LogP contribution in [-0.4, -0.2) is 93.9 Å². The van der Waals surface area contributed by atoms with Crippen LogP contribution in [0.1, 0.15) is 26.7 Å². The minimum atomic E-state index is -0.564. The number of hydrogen-bond acceptors (Lipinski definition) is 9. The largest absolute Gasteiger partial charge is 0.491 e. The van der Waals surface area contributed by atoms with Crippen LogP contribution in [0.5, 0.6) is 5.75 Å². The molecule has 3 N–H and O–H groups in total. The van der Waals surface area contributed by atoms with Crippen LogP contribution in [0.3, 0.4) is 0 Å². The average molecular weight is 487 g/mol. The topological polar surface area (TPSA) is 95.0 Å². The summed E-state index contributed by atoms with van der Waals surface area (Å²) in [6.45, 7) is 10.0. The molecule has 9 nitrogen and oxygen atoms in total. The van der Waals surface area contributed by atoms with Crippen LogP contribution in [0.25, 0.3) is 11.4 Å². The Hall–Kier alpha value is -2.46. The number of aliphatic hydroxyl groups excluding tert-OH is 1. The zero-order valence-corrected chi connectivity index (χ0v) is 21.7. The molecule has 0 saturated carbocycles. The maximum absolute atomic E-state index is 9.96. The van der Waals surface area contributed by atoms with E-state index in [4.69, 9.17) is 19.4 Å². The van der Waals surface area contributed by atoms with Crippen LogP contribution in [-0.2, 0) is 4.74 Å². The van der Waals surface area contributed by atoms with Crippen LogP contribution in [0.15, 0.2) is 30.3 Å². The van der Waals surface area contributed by atoms with Crippen molar-refractivity contribution in [1.29, 1.82) is 0 Å². The first-order valence-corrected chi connectivity index (χ1v) is 12.9. The van der Waals surface area contributed by atoms with Gasteiger partial charge in [0.25, 0.3) is 0 Å². The highest BCUT2D eigenvalue weighted by Gasteiger charge is 2.23. The number of rotatable bonds is 9. The summed E-state index contributed by atoms with van der Waals surface area (Å²) in [5, 5.41) is 16.3. The number of piperazine rings is 1. The zero-order chi connectivity index (χ0) is 25.0. The fourth-order valence-corrected chi connectivity index (χ4v) is 4.26. The molecule has 1 atom stereocenters. The van der Waals surface area contributed by atoms with Gasteiger partial charge in [0.15, 0.2) is 5.82 Å². The van der Waals surface area contributed by atoms with Crippen molar-refractivity contribution in [1.82, 2.24) is 20.6 Å². The second-order valence-electron chi connectivity index (χ2n) is 8.65. The number of aromatic nitrogens is 2. The van der Waals surface area contributed by atoms with Gasteiger partial charge in [0.1, 0.15) is 30.1 Å². The van der Waals surface area contributed by atoms with Crippen LogP contribution in [0.2, 0.25) is 0 Å². The standard InChI is InChI=1S/C24H36N6O3.C2H6/c1-25-16-20(31)17-33-21-5-3-4-18(14-21)24-27-22(29(2)19-6-12-32-13-7-19)15-23(28-24)30-10-8-26-9-11-30;1-2/h3-5,14-15,19-20,25-26,31H,6-13,16-17H2,1-2H3;1-2H3. The molecule has 0 amide bonds. The molecule has 3 heterocycles. The summed E-state index contributed by atoms with van der Waals surface area (Å²) in [6, 6.07) is 10.3. The van der Waals surface area contributed by atoms with E-state index in [1.807, 2.05) is 45.2 Å². The van der Waals surface area contributed by atoms with Gasteiger partial charge < -0.3 is 35.0 Å². The molecule has 1 aromatic carbocycles. The fraction of sp³-hybridized carbons (Fsp3) is 0.615. The summed E-state index contributed by atoms with van der Waals surface area (Å²) in [7, 11) is 3.92. The van der Waals surface area contributed by atoms with Crippen LogP contribution >= 0.6 is 0 Å². The lowest BCUT2D eigenvalue weighted by molar-refractivity contribution is 0.0853. The minimum Gasteiger partial charge on any atom is -0.491 e. The Morgan fingerprint density at radius 2 is 1.94 bits per heavy atom. The van der Waals surface area contributed by atoms with E-state index in [0.717, 1.165) is 69.4 Å². The van der Waals surface area contributed by atoms with Gasteiger partial charge in [-0.1, -0.05) is 26.0 Å². The number of nitrogens with one attached hydrogen (secondary N) is 2. The summed E-state index contributed by atoms with van der Waals surface area (Å²) in [6.07, 6.45) is 1.43. The third kappa shape index (κ3) is 7.76. The molecule has 2 aliphatic heterocycles. The lowest BCUT2D eigenvalue weighted by Crippen LogP contribution is -2.44. The number of aliphatic hydroxyl groups is 1. The second-order valence-corrected chi connectivity index (χ2v) is 8.65. The summed E-state index contributed by atoms with van der Waals surface area (Å²) in [5.41, 5.74) is 0.897. The number of hydrogen-bond donors (Lipinski definition) is 3. The van der Waals surface area contributed by atoms with Crippen molar-refractivity contribution in [3.63, 3.8) is 0 Å². The van der Waals surface area contributed by atoms with E-state index in [1.165, 1.54) is 0 Å². The molecule has 2 fully saturated rings. The summed E-state index contributed by atoms with van der Waals surface area (Å²) in [4.78, 5) is 14.5. The Bertz CT molecular complexity index is 887. The maximum atomic E-state index is 9.96. The molecule has 0 bridgehead atoms. The number of nitrogens with zero attached hydrogens (tertiary/aromatic N) is 4. The van der Waals surface area contributed by atoms with E-state index in [9.17, 15) is 5.11 Å². The number of likely N-dealkylation sites (N-methyl/N-ethyl adjacent to an activating group) is 1. The van der Waals surface area contributed by atoms with Crippen molar-refractivity contribution in [2.75, 3.05) is 76.4 Å². The van der Waals surface area contributed by atoms with Crippen molar-refractivity contribution in [2.45, 2.75) is 38.8 Å². The number of anilines is 2. The third-order valence-corrected chi connectivity index (χ3v) is 6.21. The van der Waals surface area contributed by atoms with Gasteiger partial charge in [0.05, 0.1) is 0 Å². The van der Waals surface area contributed by atoms with Gasteiger partial charge in [-0.25, -0.2) is 9.97 Å². The van der Waals surface area contributed by atoms with E-state index in [-0.39, 0.29) is 6.61 Å². The first-order chi connectivity index (χ1) is 17.1. The molecular weight excluding hydrogens is 444 g/mol. The first kappa shape index (κ1) is 27.1. The highest BCUT2D eigenvalue weighted by Crippen LogP contribution is 2.29. The first-order valence-electron chi connectivity index (χ1n) is 12.9. The van der Waals surface area contributed by atoms with Crippen molar-refractivity contribution < 1.29 is 14.6 Å². The molecule has 194 valence electrons. The van der Waals surface area contributed by atoms with E-state index in [2.05, 4.69) is 33.5 Å². The lowest BCUT2D eigenvalue weighted by atomic mass is 10.1.